The number of para-hydroxylation sites is 1. The van der Waals surface area contributed by atoms with Crippen LogP contribution >= 0.6 is 0 Å². The van der Waals surface area contributed by atoms with Crippen LogP contribution in [0.5, 0.6) is 5.75 Å². The molecule has 78 valence electrons. The van der Waals surface area contributed by atoms with Crippen LogP contribution in [0.4, 0.5) is 0 Å². The summed E-state index contributed by atoms with van der Waals surface area (Å²) in [5.41, 5.74) is 1.04. The molecule has 0 aromatic heterocycles. The second-order valence-corrected chi connectivity index (χ2v) is 3.65. The van der Waals surface area contributed by atoms with Gasteiger partial charge in [0.1, 0.15) is 11.3 Å². The van der Waals surface area contributed by atoms with Crippen LogP contribution in [0.2, 0.25) is 0 Å². The summed E-state index contributed by atoms with van der Waals surface area (Å²) in [6, 6.07) is 8.29. The van der Waals surface area contributed by atoms with Crippen molar-refractivity contribution in [3.05, 3.63) is 29.8 Å². The van der Waals surface area contributed by atoms with E-state index in [1.54, 1.807) is 7.11 Å². The van der Waals surface area contributed by atoms with Crippen molar-refractivity contribution >= 4 is 12.1 Å². The second-order valence-electron chi connectivity index (χ2n) is 3.65. The second kappa shape index (κ2) is 3.85. The summed E-state index contributed by atoms with van der Waals surface area (Å²) in [6.45, 7) is 2.12. The molecule has 1 unspecified atom stereocenters. The molecule has 1 aliphatic heterocycles. The molecule has 0 N–H and O–H groups in total. The molecule has 0 saturated heterocycles. The zero-order valence-corrected chi connectivity index (χ0v) is 9.27. The van der Waals surface area contributed by atoms with Crippen molar-refractivity contribution in [2.75, 3.05) is 14.2 Å². The molecule has 1 aromatic rings. The summed E-state index contributed by atoms with van der Waals surface area (Å²) in [7, 11) is 3.72. The monoisotopic (exact) mass is 203 g/mol. The zero-order valence-electron chi connectivity index (χ0n) is 9.27. The Hall–Kier alpha value is -1.64. The van der Waals surface area contributed by atoms with E-state index in [9.17, 15) is 0 Å². The van der Waals surface area contributed by atoms with Crippen molar-refractivity contribution in [3.8, 4) is 5.75 Å². The molecule has 0 bridgehead atoms. The van der Waals surface area contributed by atoms with E-state index in [1.807, 2.05) is 37.5 Å². The van der Waals surface area contributed by atoms with Crippen molar-refractivity contribution in [1.82, 2.24) is 0 Å². The number of aliphatic imine (C=N–C) groups is 1. The Kier molecular flexibility index (Phi) is 2.54. The number of hydrogen-bond donors (Lipinski definition) is 0. The lowest BCUT2D eigenvalue weighted by atomic mass is 10.2. The van der Waals surface area contributed by atoms with Crippen molar-refractivity contribution in [1.29, 1.82) is 0 Å². The fraction of sp³-hybridized carbons (Fsp3) is 0.333. The van der Waals surface area contributed by atoms with Crippen LogP contribution in [0.25, 0.3) is 0 Å². The molecule has 0 amide bonds. The quantitative estimate of drug-likeness (QED) is 0.669. The lowest BCUT2D eigenvalue weighted by molar-refractivity contribution is -0.510. The molecule has 1 aromatic carbocycles. The molecule has 1 atom stereocenters. The van der Waals surface area contributed by atoms with Crippen molar-refractivity contribution < 1.29 is 9.31 Å². The molecule has 0 radical (unpaired) electrons. The molecule has 0 saturated carbocycles. The molecule has 0 aliphatic carbocycles. The topological polar surface area (TPSA) is 24.6 Å². The standard InChI is InChI=1S/C12H15N2O/c1-9-8-13-12(14(9)2)10-6-4-5-7-11(10)15-3/h4-9H,1-3H3/q+1. The average Bonchev–Trinajstić information content (AvgIpc) is 2.60. The molecule has 1 heterocycles. The Bertz CT molecular complexity index is 435. The Morgan fingerprint density at radius 3 is 2.67 bits per heavy atom. The van der Waals surface area contributed by atoms with Gasteiger partial charge in [-0.25, -0.2) is 0 Å². The van der Waals surface area contributed by atoms with Crippen molar-refractivity contribution in [2.45, 2.75) is 13.0 Å². The first-order valence-electron chi connectivity index (χ1n) is 5.01. The van der Waals surface area contributed by atoms with Gasteiger partial charge in [0.2, 0.25) is 0 Å². The molecule has 3 nitrogen and oxygen atoms in total. The highest BCUT2D eigenvalue weighted by atomic mass is 16.5. The van der Waals surface area contributed by atoms with E-state index >= 15 is 0 Å². The minimum absolute atomic E-state index is 0.352. The van der Waals surface area contributed by atoms with E-state index in [1.165, 1.54) is 0 Å². The summed E-state index contributed by atoms with van der Waals surface area (Å²) in [5, 5.41) is 0. The minimum atomic E-state index is 0.352. The molecular weight excluding hydrogens is 188 g/mol. The van der Waals surface area contributed by atoms with Gasteiger partial charge in [-0.2, -0.15) is 0 Å². The summed E-state index contributed by atoms with van der Waals surface area (Å²) in [6.07, 6.45) is 1.95. The van der Waals surface area contributed by atoms with Gasteiger partial charge in [0, 0.05) is 0 Å². The van der Waals surface area contributed by atoms with E-state index in [0.717, 1.165) is 17.1 Å². The van der Waals surface area contributed by atoms with Gasteiger partial charge in [0.15, 0.2) is 12.3 Å². The Morgan fingerprint density at radius 1 is 1.33 bits per heavy atom. The van der Waals surface area contributed by atoms with Gasteiger partial charge in [0.05, 0.1) is 14.2 Å². The number of nitrogens with zero attached hydrogens (tertiary/aromatic N) is 2. The number of rotatable bonds is 2. The van der Waals surface area contributed by atoms with E-state index in [2.05, 4.69) is 16.5 Å². The third-order valence-electron chi connectivity index (χ3n) is 2.71. The largest absolute Gasteiger partial charge is 0.496 e. The lowest BCUT2D eigenvalue weighted by Gasteiger charge is -2.05. The van der Waals surface area contributed by atoms with E-state index in [-0.39, 0.29) is 0 Å². The van der Waals surface area contributed by atoms with Crippen LogP contribution in [0.3, 0.4) is 0 Å². The lowest BCUT2D eigenvalue weighted by Crippen LogP contribution is -2.20. The van der Waals surface area contributed by atoms with Gasteiger partial charge in [-0.05, 0) is 24.0 Å². The van der Waals surface area contributed by atoms with Gasteiger partial charge in [-0.1, -0.05) is 12.1 Å². The maximum Gasteiger partial charge on any atom is 0.329 e. The third-order valence-corrected chi connectivity index (χ3v) is 2.71. The maximum absolute atomic E-state index is 5.32. The average molecular weight is 203 g/mol. The number of hydrogen-bond acceptors (Lipinski definition) is 2. The fourth-order valence-electron chi connectivity index (χ4n) is 1.65. The molecule has 3 heteroatoms. The van der Waals surface area contributed by atoms with Gasteiger partial charge in [-0.3, -0.25) is 4.58 Å². The molecule has 15 heavy (non-hydrogen) atoms. The predicted molar refractivity (Wildman–Crippen MR) is 61.2 cm³/mol. The highest BCUT2D eigenvalue weighted by molar-refractivity contribution is 6.04. The Labute approximate surface area is 89.7 Å². The van der Waals surface area contributed by atoms with Gasteiger partial charge in [0.25, 0.3) is 0 Å². The number of methoxy groups -OCH3 is 1. The highest BCUT2D eigenvalue weighted by Gasteiger charge is 2.26. The van der Waals surface area contributed by atoms with Gasteiger partial charge in [-0.15, -0.1) is 0 Å². The van der Waals surface area contributed by atoms with E-state index in [0.29, 0.717) is 6.04 Å². The normalized spacial score (nSPS) is 19.8. The van der Waals surface area contributed by atoms with E-state index in [4.69, 9.17) is 4.74 Å². The molecule has 1 aliphatic rings. The van der Waals surface area contributed by atoms with Crippen LogP contribution in [-0.4, -0.2) is 36.8 Å². The van der Waals surface area contributed by atoms with Gasteiger partial charge < -0.3 is 4.74 Å². The molecule has 0 spiro atoms. The summed E-state index contributed by atoms with van der Waals surface area (Å²) < 4.78 is 7.46. The summed E-state index contributed by atoms with van der Waals surface area (Å²) in [5.74, 6) is 1.84. The maximum atomic E-state index is 5.32. The number of benzene rings is 1. The third kappa shape index (κ3) is 1.65. The first-order chi connectivity index (χ1) is 7.24. The van der Waals surface area contributed by atoms with Crippen LogP contribution in [0, 0.1) is 0 Å². The van der Waals surface area contributed by atoms with Gasteiger partial charge >= 0.3 is 5.84 Å². The smallest absolute Gasteiger partial charge is 0.329 e. The molecular formula is C12H15N2O+. The van der Waals surface area contributed by atoms with E-state index < -0.39 is 0 Å². The Morgan fingerprint density at radius 2 is 2.07 bits per heavy atom. The highest BCUT2D eigenvalue weighted by Crippen LogP contribution is 2.20. The first kappa shape index (κ1) is 9.90. The minimum Gasteiger partial charge on any atom is -0.496 e. The SMILES string of the molecule is COc1ccccc1C1=[N+](C)C(C)C=N1. The number of amidine groups is 1. The number of ether oxygens (including phenoxy) is 1. The predicted octanol–water partition coefficient (Wildman–Crippen LogP) is 1.56. The summed E-state index contributed by atoms with van der Waals surface area (Å²) in [4.78, 5) is 4.41. The Balaban J connectivity index is 2.51. The van der Waals surface area contributed by atoms with Crippen molar-refractivity contribution in [3.63, 3.8) is 0 Å². The van der Waals surface area contributed by atoms with Crippen LogP contribution in [-0.2, 0) is 0 Å². The van der Waals surface area contributed by atoms with Crippen LogP contribution in [0.15, 0.2) is 29.3 Å². The first-order valence-corrected chi connectivity index (χ1v) is 5.01. The van der Waals surface area contributed by atoms with Crippen LogP contribution < -0.4 is 4.74 Å². The zero-order chi connectivity index (χ0) is 10.8. The molecule has 0 fully saturated rings. The fourth-order valence-corrected chi connectivity index (χ4v) is 1.65. The van der Waals surface area contributed by atoms with Crippen molar-refractivity contribution in [2.24, 2.45) is 4.99 Å². The summed E-state index contributed by atoms with van der Waals surface area (Å²) >= 11 is 0. The van der Waals surface area contributed by atoms with Crippen LogP contribution in [0.1, 0.15) is 12.5 Å². The molecule has 2 rings (SSSR count).